The van der Waals surface area contributed by atoms with Gasteiger partial charge in [-0.05, 0) is 35.2 Å². The summed E-state index contributed by atoms with van der Waals surface area (Å²) < 4.78 is 22.9. The third-order valence-electron chi connectivity index (χ3n) is 5.88. The molecule has 1 aliphatic rings. The molecule has 1 amide bonds. The van der Waals surface area contributed by atoms with Gasteiger partial charge in [-0.15, -0.1) is 0 Å². The van der Waals surface area contributed by atoms with Gasteiger partial charge in [-0.1, -0.05) is 36.4 Å². The van der Waals surface area contributed by atoms with Crippen molar-refractivity contribution in [1.29, 1.82) is 0 Å². The van der Waals surface area contributed by atoms with Crippen molar-refractivity contribution in [2.75, 3.05) is 13.2 Å². The molecule has 1 unspecified atom stereocenters. The summed E-state index contributed by atoms with van der Waals surface area (Å²) in [5, 5.41) is 7.53. The Bertz CT molecular complexity index is 1280. The predicted molar refractivity (Wildman–Crippen MR) is 122 cm³/mol. The minimum Gasteiger partial charge on any atom is -0.363 e. The van der Waals surface area contributed by atoms with Crippen LogP contribution in [0.5, 0.6) is 0 Å². The number of aromatic nitrogens is 4. The van der Waals surface area contributed by atoms with E-state index < -0.39 is 6.10 Å². The standard InChI is InChI=1S/C25H24FN5O2/c1-30-13-11-27-24(30)22-21(18-6-8-19(26)9-7-18)16-29-31(22)14-12-28-25(32)23-20-5-3-2-4-17(20)10-15-33-23/h2-9,11,13,16,23H,10,12,14-15H2,1H3,(H,28,32). The number of nitrogens with one attached hydrogen (secondary N) is 1. The van der Waals surface area contributed by atoms with Crippen molar-refractivity contribution >= 4 is 5.91 Å². The first kappa shape index (κ1) is 21.1. The number of ether oxygens (including phenoxy) is 1. The number of hydrogen-bond acceptors (Lipinski definition) is 4. The quantitative estimate of drug-likeness (QED) is 0.493. The molecule has 5 rings (SSSR count). The van der Waals surface area contributed by atoms with Crippen molar-refractivity contribution in [2.45, 2.75) is 19.1 Å². The van der Waals surface area contributed by atoms with Crippen LogP contribution in [0.25, 0.3) is 22.6 Å². The largest absolute Gasteiger partial charge is 0.363 e. The SMILES string of the molecule is Cn1ccnc1-c1c(-c2ccc(F)cc2)cnn1CCNC(=O)C1OCCc2ccccc21. The molecule has 1 aliphatic heterocycles. The molecule has 1 N–H and O–H groups in total. The Kier molecular flexibility index (Phi) is 5.75. The molecule has 8 heteroatoms. The lowest BCUT2D eigenvalue weighted by Gasteiger charge is -2.25. The van der Waals surface area contributed by atoms with Crippen LogP contribution in [-0.2, 0) is 29.5 Å². The van der Waals surface area contributed by atoms with E-state index in [4.69, 9.17) is 4.74 Å². The van der Waals surface area contributed by atoms with E-state index in [1.807, 2.05) is 46.8 Å². The highest BCUT2D eigenvalue weighted by molar-refractivity contribution is 5.83. The molecule has 33 heavy (non-hydrogen) atoms. The fourth-order valence-corrected chi connectivity index (χ4v) is 4.21. The zero-order chi connectivity index (χ0) is 22.8. The molecule has 0 radical (unpaired) electrons. The van der Waals surface area contributed by atoms with Gasteiger partial charge in [0.05, 0.1) is 19.3 Å². The highest BCUT2D eigenvalue weighted by atomic mass is 19.1. The van der Waals surface area contributed by atoms with E-state index in [-0.39, 0.29) is 11.7 Å². The number of rotatable bonds is 6. The smallest absolute Gasteiger partial charge is 0.253 e. The van der Waals surface area contributed by atoms with Gasteiger partial charge in [0.15, 0.2) is 11.9 Å². The zero-order valence-corrected chi connectivity index (χ0v) is 18.2. The average molecular weight is 445 g/mol. The van der Waals surface area contributed by atoms with Gasteiger partial charge in [0.1, 0.15) is 11.5 Å². The Morgan fingerprint density at radius 1 is 1.21 bits per heavy atom. The number of imidazole rings is 1. The van der Waals surface area contributed by atoms with Gasteiger partial charge in [0.25, 0.3) is 5.91 Å². The first-order valence-electron chi connectivity index (χ1n) is 10.9. The normalized spacial score (nSPS) is 15.3. The van der Waals surface area contributed by atoms with E-state index in [1.54, 1.807) is 24.5 Å². The van der Waals surface area contributed by atoms with Crippen LogP contribution < -0.4 is 5.32 Å². The van der Waals surface area contributed by atoms with E-state index >= 15 is 0 Å². The first-order valence-corrected chi connectivity index (χ1v) is 10.9. The van der Waals surface area contributed by atoms with E-state index in [0.717, 1.165) is 40.2 Å². The summed E-state index contributed by atoms with van der Waals surface area (Å²) in [5.74, 6) is 0.285. The fraction of sp³-hybridized carbons (Fsp3) is 0.240. The van der Waals surface area contributed by atoms with Crippen molar-refractivity contribution < 1.29 is 13.9 Å². The summed E-state index contributed by atoms with van der Waals surface area (Å²) in [6, 6.07) is 14.2. The van der Waals surface area contributed by atoms with Crippen molar-refractivity contribution in [3.8, 4) is 22.6 Å². The molecule has 3 heterocycles. The number of nitrogens with zero attached hydrogens (tertiary/aromatic N) is 4. The zero-order valence-electron chi connectivity index (χ0n) is 18.2. The van der Waals surface area contributed by atoms with Crippen LogP contribution in [0.15, 0.2) is 67.1 Å². The molecule has 0 aliphatic carbocycles. The van der Waals surface area contributed by atoms with E-state index in [1.165, 1.54) is 12.1 Å². The number of amides is 1. The first-order chi connectivity index (χ1) is 16.1. The summed E-state index contributed by atoms with van der Waals surface area (Å²) in [5.41, 5.74) is 4.57. The monoisotopic (exact) mass is 445 g/mol. The average Bonchev–Trinajstić information content (AvgIpc) is 3.44. The van der Waals surface area contributed by atoms with E-state index in [9.17, 15) is 9.18 Å². The number of benzene rings is 2. The van der Waals surface area contributed by atoms with Crippen molar-refractivity contribution in [2.24, 2.45) is 7.05 Å². The predicted octanol–water partition coefficient (Wildman–Crippen LogP) is 3.52. The van der Waals surface area contributed by atoms with Crippen molar-refractivity contribution in [3.05, 3.63) is 84.1 Å². The topological polar surface area (TPSA) is 74.0 Å². The number of carbonyl (C=O) groups is 1. The Hall–Kier alpha value is -3.78. The number of carbonyl (C=O) groups excluding carboxylic acids is 1. The fourth-order valence-electron chi connectivity index (χ4n) is 4.21. The molecule has 1 atom stereocenters. The number of halogens is 1. The summed E-state index contributed by atoms with van der Waals surface area (Å²) in [7, 11) is 1.91. The van der Waals surface area contributed by atoms with Gasteiger partial charge in [0, 0.05) is 31.5 Å². The minimum absolute atomic E-state index is 0.161. The van der Waals surface area contributed by atoms with Crippen LogP contribution in [0.4, 0.5) is 4.39 Å². The van der Waals surface area contributed by atoms with Gasteiger partial charge in [-0.2, -0.15) is 5.10 Å². The van der Waals surface area contributed by atoms with Crippen LogP contribution in [0.3, 0.4) is 0 Å². The van der Waals surface area contributed by atoms with Crippen LogP contribution in [0.1, 0.15) is 17.2 Å². The molecule has 168 valence electrons. The van der Waals surface area contributed by atoms with Gasteiger partial charge < -0.3 is 14.6 Å². The lowest BCUT2D eigenvalue weighted by Crippen LogP contribution is -2.35. The molecule has 2 aromatic heterocycles. The van der Waals surface area contributed by atoms with Crippen LogP contribution >= 0.6 is 0 Å². The Morgan fingerprint density at radius 2 is 2.03 bits per heavy atom. The van der Waals surface area contributed by atoms with Gasteiger partial charge >= 0.3 is 0 Å². The van der Waals surface area contributed by atoms with Crippen LogP contribution in [-0.4, -0.2) is 38.4 Å². The van der Waals surface area contributed by atoms with E-state index in [0.29, 0.717) is 19.7 Å². The van der Waals surface area contributed by atoms with Gasteiger partial charge in [0.2, 0.25) is 0 Å². The third-order valence-corrected chi connectivity index (χ3v) is 5.88. The van der Waals surface area contributed by atoms with Crippen LogP contribution in [0, 0.1) is 5.82 Å². The second-order valence-electron chi connectivity index (χ2n) is 7.99. The molecule has 4 aromatic rings. The molecule has 2 aromatic carbocycles. The maximum absolute atomic E-state index is 13.4. The second kappa shape index (κ2) is 8.99. The number of aryl methyl sites for hydroxylation is 1. The van der Waals surface area contributed by atoms with Crippen molar-refractivity contribution in [3.63, 3.8) is 0 Å². The molecule has 7 nitrogen and oxygen atoms in total. The Balaban J connectivity index is 1.36. The minimum atomic E-state index is -0.601. The Morgan fingerprint density at radius 3 is 2.82 bits per heavy atom. The summed E-state index contributed by atoms with van der Waals surface area (Å²) in [6.45, 7) is 1.35. The summed E-state index contributed by atoms with van der Waals surface area (Å²) in [6.07, 6.45) is 5.55. The maximum Gasteiger partial charge on any atom is 0.253 e. The van der Waals surface area contributed by atoms with Gasteiger partial charge in [-0.25, -0.2) is 9.37 Å². The molecular weight excluding hydrogens is 421 g/mol. The molecule has 0 spiro atoms. The molecule has 0 bridgehead atoms. The number of hydrogen-bond donors (Lipinski definition) is 1. The molecule has 0 saturated carbocycles. The second-order valence-corrected chi connectivity index (χ2v) is 7.99. The van der Waals surface area contributed by atoms with Gasteiger partial charge in [-0.3, -0.25) is 9.48 Å². The lowest BCUT2D eigenvalue weighted by molar-refractivity contribution is -0.134. The van der Waals surface area contributed by atoms with E-state index in [2.05, 4.69) is 15.4 Å². The molecular formula is C25H24FN5O2. The highest BCUT2D eigenvalue weighted by Crippen LogP contribution is 2.31. The molecule has 0 saturated heterocycles. The highest BCUT2D eigenvalue weighted by Gasteiger charge is 2.27. The third kappa shape index (κ3) is 4.17. The Labute approximate surface area is 190 Å². The molecule has 0 fully saturated rings. The maximum atomic E-state index is 13.4. The summed E-state index contributed by atoms with van der Waals surface area (Å²) in [4.78, 5) is 17.3. The van der Waals surface area contributed by atoms with Crippen LogP contribution in [0.2, 0.25) is 0 Å². The lowest BCUT2D eigenvalue weighted by atomic mass is 9.97. The van der Waals surface area contributed by atoms with Crippen molar-refractivity contribution in [1.82, 2.24) is 24.6 Å². The number of fused-ring (bicyclic) bond motifs is 1. The summed E-state index contributed by atoms with van der Waals surface area (Å²) >= 11 is 0.